The highest BCUT2D eigenvalue weighted by molar-refractivity contribution is 5.82. The Morgan fingerprint density at radius 3 is 2.60 bits per heavy atom. The maximum atomic E-state index is 12.1. The van der Waals surface area contributed by atoms with Crippen LogP contribution < -0.4 is 15.8 Å². The van der Waals surface area contributed by atoms with Crippen molar-refractivity contribution in [3.8, 4) is 5.75 Å². The number of benzene rings is 1. The van der Waals surface area contributed by atoms with Gasteiger partial charge in [0.2, 0.25) is 5.91 Å². The van der Waals surface area contributed by atoms with Gasteiger partial charge in [-0.2, -0.15) is 0 Å². The molecule has 1 aromatic carbocycles. The molecule has 0 unspecified atom stereocenters. The molecule has 1 rings (SSSR count). The molecule has 0 spiro atoms. The van der Waals surface area contributed by atoms with Crippen LogP contribution in [0.2, 0.25) is 0 Å². The van der Waals surface area contributed by atoms with E-state index >= 15 is 0 Å². The van der Waals surface area contributed by atoms with Gasteiger partial charge < -0.3 is 15.8 Å². The molecule has 2 atom stereocenters. The Morgan fingerprint density at radius 2 is 2.05 bits per heavy atom. The number of hydrogen-bond donors (Lipinski definition) is 2. The Labute approximate surface area is 121 Å². The van der Waals surface area contributed by atoms with Gasteiger partial charge in [-0.05, 0) is 37.0 Å². The van der Waals surface area contributed by atoms with Crippen LogP contribution in [-0.2, 0) is 4.79 Å². The molecule has 0 saturated heterocycles. The van der Waals surface area contributed by atoms with Gasteiger partial charge in [0.25, 0.3) is 0 Å². The number of ether oxygens (including phenoxy) is 1. The van der Waals surface area contributed by atoms with Crippen LogP contribution in [-0.4, -0.2) is 18.6 Å². The van der Waals surface area contributed by atoms with E-state index in [1.165, 1.54) is 0 Å². The van der Waals surface area contributed by atoms with Crippen molar-refractivity contribution >= 4 is 5.91 Å². The molecule has 0 fully saturated rings. The van der Waals surface area contributed by atoms with Crippen molar-refractivity contribution in [2.45, 2.75) is 46.7 Å². The first kappa shape index (κ1) is 16.5. The van der Waals surface area contributed by atoms with Gasteiger partial charge in [0.15, 0.2) is 0 Å². The summed E-state index contributed by atoms with van der Waals surface area (Å²) >= 11 is 0. The first-order valence-corrected chi connectivity index (χ1v) is 7.04. The molecule has 4 heteroatoms. The maximum Gasteiger partial charge on any atom is 0.237 e. The van der Waals surface area contributed by atoms with Crippen LogP contribution >= 0.6 is 0 Å². The SMILES string of the molecule is CCOc1cccc([C@@H](C)NC(=O)[C@H](N)C(C)(C)C)c1. The van der Waals surface area contributed by atoms with Crippen LogP contribution in [0, 0.1) is 5.41 Å². The quantitative estimate of drug-likeness (QED) is 0.870. The first-order chi connectivity index (χ1) is 9.25. The summed E-state index contributed by atoms with van der Waals surface area (Å²) in [6.45, 7) is 10.4. The van der Waals surface area contributed by atoms with Crippen molar-refractivity contribution in [3.05, 3.63) is 29.8 Å². The van der Waals surface area contributed by atoms with Crippen LogP contribution in [0.3, 0.4) is 0 Å². The Balaban J connectivity index is 2.73. The van der Waals surface area contributed by atoms with Gasteiger partial charge in [-0.15, -0.1) is 0 Å². The number of carbonyl (C=O) groups excluding carboxylic acids is 1. The van der Waals surface area contributed by atoms with Crippen molar-refractivity contribution in [2.75, 3.05) is 6.61 Å². The molecule has 0 bridgehead atoms. The van der Waals surface area contributed by atoms with Crippen LogP contribution in [0.5, 0.6) is 5.75 Å². The molecule has 4 nitrogen and oxygen atoms in total. The number of rotatable bonds is 5. The van der Waals surface area contributed by atoms with Gasteiger partial charge in [-0.25, -0.2) is 0 Å². The lowest BCUT2D eigenvalue weighted by Crippen LogP contribution is -2.49. The van der Waals surface area contributed by atoms with E-state index in [1.807, 2.05) is 58.9 Å². The van der Waals surface area contributed by atoms with E-state index in [-0.39, 0.29) is 17.4 Å². The Morgan fingerprint density at radius 1 is 1.40 bits per heavy atom. The van der Waals surface area contributed by atoms with E-state index < -0.39 is 6.04 Å². The minimum atomic E-state index is -0.528. The molecular weight excluding hydrogens is 252 g/mol. The van der Waals surface area contributed by atoms with Crippen molar-refractivity contribution in [1.82, 2.24) is 5.32 Å². The summed E-state index contributed by atoms with van der Waals surface area (Å²) in [5, 5.41) is 2.95. The number of nitrogens with one attached hydrogen (secondary N) is 1. The number of carbonyl (C=O) groups is 1. The summed E-state index contributed by atoms with van der Waals surface area (Å²) in [6, 6.07) is 7.11. The Bertz CT molecular complexity index is 452. The summed E-state index contributed by atoms with van der Waals surface area (Å²) in [5.41, 5.74) is 6.71. The fraction of sp³-hybridized carbons (Fsp3) is 0.562. The largest absolute Gasteiger partial charge is 0.494 e. The molecule has 1 amide bonds. The standard InChI is InChI=1S/C16H26N2O2/c1-6-20-13-9-7-8-12(10-13)11(2)18-15(19)14(17)16(3,4)5/h7-11,14H,6,17H2,1-5H3,(H,18,19)/t11-,14+/m1/s1. The Hall–Kier alpha value is -1.55. The third-order valence-electron chi connectivity index (χ3n) is 3.24. The lowest BCUT2D eigenvalue weighted by atomic mass is 9.86. The molecular formula is C16H26N2O2. The fourth-order valence-corrected chi connectivity index (χ4v) is 1.82. The molecule has 3 N–H and O–H groups in total. The minimum absolute atomic E-state index is 0.101. The van der Waals surface area contributed by atoms with Gasteiger partial charge in [0.05, 0.1) is 18.7 Å². The summed E-state index contributed by atoms with van der Waals surface area (Å²) < 4.78 is 5.47. The molecule has 0 aromatic heterocycles. The third kappa shape index (κ3) is 4.53. The topological polar surface area (TPSA) is 64.3 Å². The minimum Gasteiger partial charge on any atom is -0.494 e. The summed E-state index contributed by atoms with van der Waals surface area (Å²) in [7, 11) is 0. The first-order valence-electron chi connectivity index (χ1n) is 7.04. The third-order valence-corrected chi connectivity index (χ3v) is 3.24. The van der Waals surface area contributed by atoms with Crippen molar-refractivity contribution in [3.63, 3.8) is 0 Å². The fourth-order valence-electron chi connectivity index (χ4n) is 1.82. The highest BCUT2D eigenvalue weighted by Gasteiger charge is 2.28. The lowest BCUT2D eigenvalue weighted by Gasteiger charge is -2.27. The van der Waals surface area contributed by atoms with E-state index in [9.17, 15) is 4.79 Å². The molecule has 0 aliphatic rings. The van der Waals surface area contributed by atoms with Crippen molar-refractivity contribution in [1.29, 1.82) is 0 Å². The van der Waals surface area contributed by atoms with Crippen LogP contribution in [0.4, 0.5) is 0 Å². The van der Waals surface area contributed by atoms with Crippen LogP contribution in [0.15, 0.2) is 24.3 Å². The van der Waals surface area contributed by atoms with Crippen LogP contribution in [0.1, 0.15) is 46.2 Å². The zero-order valence-electron chi connectivity index (χ0n) is 13.1. The van der Waals surface area contributed by atoms with Gasteiger partial charge in [0, 0.05) is 0 Å². The predicted molar refractivity (Wildman–Crippen MR) is 81.6 cm³/mol. The van der Waals surface area contributed by atoms with Gasteiger partial charge in [-0.3, -0.25) is 4.79 Å². The number of nitrogens with two attached hydrogens (primary N) is 1. The van der Waals surface area contributed by atoms with E-state index in [2.05, 4.69) is 5.32 Å². The normalized spacial score (nSPS) is 14.5. The van der Waals surface area contributed by atoms with E-state index in [1.54, 1.807) is 0 Å². The zero-order chi connectivity index (χ0) is 15.3. The predicted octanol–water partition coefficient (Wildman–Crippen LogP) is 2.64. The number of amides is 1. The van der Waals surface area contributed by atoms with Gasteiger partial charge in [0.1, 0.15) is 5.75 Å². The smallest absolute Gasteiger partial charge is 0.237 e. The second-order valence-electron chi connectivity index (χ2n) is 6.08. The highest BCUT2D eigenvalue weighted by Crippen LogP contribution is 2.21. The molecule has 0 aliphatic heterocycles. The summed E-state index contributed by atoms with van der Waals surface area (Å²) in [6.07, 6.45) is 0. The van der Waals surface area contributed by atoms with Gasteiger partial charge in [-0.1, -0.05) is 32.9 Å². The molecule has 0 saturated carbocycles. The summed E-state index contributed by atoms with van der Waals surface area (Å²) in [4.78, 5) is 12.1. The molecule has 1 aromatic rings. The van der Waals surface area contributed by atoms with E-state index in [0.29, 0.717) is 6.61 Å². The molecule has 20 heavy (non-hydrogen) atoms. The average Bonchev–Trinajstić information content (AvgIpc) is 2.37. The highest BCUT2D eigenvalue weighted by atomic mass is 16.5. The van der Waals surface area contributed by atoms with E-state index in [0.717, 1.165) is 11.3 Å². The van der Waals surface area contributed by atoms with Crippen molar-refractivity contribution < 1.29 is 9.53 Å². The van der Waals surface area contributed by atoms with E-state index in [4.69, 9.17) is 10.5 Å². The Kier molecular flexibility index (Phi) is 5.57. The monoisotopic (exact) mass is 278 g/mol. The zero-order valence-corrected chi connectivity index (χ0v) is 13.1. The lowest BCUT2D eigenvalue weighted by molar-refractivity contribution is -0.125. The van der Waals surface area contributed by atoms with Gasteiger partial charge >= 0.3 is 0 Å². The molecule has 0 heterocycles. The van der Waals surface area contributed by atoms with Crippen molar-refractivity contribution in [2.24, 2.45) is 11.1 Å². The second-order valence-corrected chi connectivity index (χ2v) is 6.08. The molecule has 112 valence electrons. The number of hydrogen-bond acceptors (Lipinski definition) is 3. The molecule has 0 aliphatic carbocycles. The maximum absolute atomic E-state index is 12.1. The molecule has 0 radical (unpaired) electrons. The average molecular weight is 278 g/mol. The summed E-state index contributed by atoms with van der Waals surface area (Å²) in [5.74, 6) is 0.679. The second kappa shape index (κ2) is 6.75. The van der Waals surface area contributed by atoms with Crippen LogP contribution in [0.25, 0.3) is 0 Å².